The van der Waals surface area contributed by atoms with Crippen LogP contribution in [0.3, 0.4) is 0 Å². The Balaban J connectivity index is 2.08. The Kier molecular flexibility index (Phi) is 5.09. The minimum absolute atomic E-state index is 0.188. The van der Waals surface area contributed by atoms with Gasteiger partial charge in [-0.25, -0.2) is 0 Å². The molecular weight excluding hydrogens is 332 g/mol. The summed E-state index contributed by atoms with van der Waals surface area (Å²) in [5, 5.41) is 20.8. The lowest BCUT2D eigenvalue weighted by molar-refractivity contribution is 0.0947. The second-order valence-corrected chi connectivity index (χ2v) is 5.37. The minimum Gasteiger partial charge on any atom is -0.392 e. The monoisotopic (exact) mass is 344 g/mol. The van der Waals surface area contributed by atoms with Crippen molar-refractivity contribution in [1.82, 2.24) is 5.32 Å². The van der Waals surface area contributed by atoms with E-state index >= 15 is 0 Å². The van der Waals surface area contributed by atoms with E-state index in [0.717, 1.165) is 10.0 Å². The van der Waals surface area contributed by atoms with Gasteiger partial charge in [-0.3, -0.25) is 4.79 Å². The Morgan fingerprint density at radius 2 is 1.95 bits per heavy atom. The summed E-state index contributed by atoms with van der Waals surface area (Å²) in [4.78, 5) is 12.2. The fourth-order valence-corrected chi connectivity index (χ4v) is 2.23. The Morgan fingerprint density at radius 3 is 2.57 bits per heavy atom. The maximum atomic E-state index is 12.2. The number of hydrogen-bond acceptors (Lipinski definition) is 3. The summed E-state index contributed by atoms with van der Waals surface area (Å²) in [6.45, 7) is 0.175. The number of aliphatic hydroxyl groups excluding tert-OH is 1. The molecule has 0 aliphatic carbocycles. The Hall–Kier alpha value is -2.16. The van der Waals surface area contributed by atoms with Gasteiger partial charge in [0.25, 0.3) is 5.91 Å². The van der Waals surface area contributed by atoms with Gasteiger partial charge in [0.05, 0.1) is 18.2 Å². The third-order valence-corrected chi connectivity index (χ3v) is 3.52. The van der Waals surface area contributed by atoms with Crippen LogP contribution in [0.15, 0.2) is 46.9 Å². The highest BCUT2D eigenvalue weighted by molar-refractivity contribution is 9.10. The average molecular weight is 345 g/mol. The van der Waals surface area contributed by atoms with Crippen LogP contribution in [0, 0.1) is 11.3 Å². The minimum atomic E-state index is -0.246. The van der Waals surface area contributed by atoms with E-state index in [2.05, 4.69) is 21.2 Å². The lowest BCUT2D eigenvalue weighted by atomic mass is 10.1. The van der Waals surface area contributed by atoms with Crippen LogP contribution < -0.4 is 5.32 Å². The first-order valence-corrected chi connectivity index (χ1v) is 7.10. The molecule has 0 unspecified atom stereocenters. The number of benzene rings is 2. The van der Waals surface area contributed by atoms with Gasteiger partial charge in [-0.05, 0) is 35.4 Å². The van der Waals surface area contributed by atoms with Crippen molar-refractivity contribution in [3.05, 3.63) is 69.2 Å². The molecule has 0 aromatic heterocycles. The highest BCUT2D eigenvalue weighted by Gasteiger charge is 2.11. The van der Waals surface area contributed by atoms with Crippen molar-refractivity contribution in [1.29, 1.82) is 5.26 Å². The average Bonchev–Trinajstić information content (AvgIpc) is 2.53. The fraction of sp³-hybridized carbons (Fsp3) is 0.125. The number of amides is 1. The maximum absolute atomic E-state index is 12.2. The van der Waals surface area contributed by atoms with Crippen molar-refractivity contribution in [3.8, 4) is 6.07 Å². The van der Waals surface area contributed by atoms with Crippen LogP contribution in [0.5, 0.6) is 0 Å². The van der Waals surface area contributed by atoms with Crippen molar-refractivity contribution in [2.75, 3.05) is 0 Å². The maximum Gasteiger partial charge on any atom is 0.251 e. The van der Waals surface area contributed by atoms with E-state index < -0.39 is 0 Å². The van der Waals surface area contributed by atoms with Gasteiger partial charge >= 0.3 is 0 Å². The number of nitrogens with zero attached hydrogens (tertiary/aromatic N) is 1. The second kappa shape index (κ2) is 7.02. The molecule has 4 nitrogen and oxygen atoms in total. The van der Waals surface area contributed by atoms with Gasteiger partial charge in [0.1, 0.15) is 0 Å². The molecule has 106 valence electrons. The summed E-state index contributed by atoms with van der Waals surface area (Å²) in [5.74, 6) is -0.246. The number of nitrogens with one attached hydrogen (secondary N) is 1. The molecule has 0 spiro atoms. The van der Waals surface area contributed by atoms with Gasteiger partial charge in [0.15, 0.2) is 0 Å². The molecule has 2 aromatic rings. The van der Waals surface area contributed by atoms with Gasteiger partial charge in [0.2, 0.25) is 0 Å². The predicted octanol–water partition coefficient (Wildman–Crippen LogP) is 2.74. The van der Waals surface area contributed by atoms with E-state index in [1.807, 2.05) is 6.07 Å². The fourth-order valence-electron chi connectivity index (χ4n) is 1.87. The molecule has 0 fully saturated rings. The third kappa shape index (κ3) is 3.91. The molecule has 0 atom stereocenters. The molecule has 0 aliphatic heterocycles. The van der Waals surface area contributed by atoms with E-state index in [9.17, 15) is 9.90 Å². The molecular formula is C16H13BrN2O2. The number of carbonyl (C=O) groups is 1. The van der Waals surface area contributed by atoms with Gasteiger partial charge in [0, 0.05) is 16.6 Å². The zero-order chi connectivity index (χ0) is 15.2. The number of nitriles is 1. The van der Waals surface area contributed by atoms with E-state index in [1.54, 1.807) is 42.5 Å². The van der Waals surface area contributed by atoms with Crippen molar-refractivity contribution in [2.24, 2.45) is 0 Å². The normalized spacial score (nSPS) is 9.95. The first-order valence-electron chi connectivity index (χ1n) is 6.30. The predicted molar refractivity (Wildman–Crippen MR) is 82.4 cm³/mol. The van der Waals surface area contributed by atoms with Gasteiger partial charge in [-0.2, -0.15) is 5.26 Å². The molecule has 2 N–H and O–H groups in total. The first kappa shape index (κ1) is 15.2. The number of rotatable bonds is 4. The summed E-state index contributed by atoms with van der Waals surface area (Å²) < 4.78 is 0.781. The molecule has 21 heavy (non-hydrogen) atoms. The molecule has 0 aliphatic rings. The molecule has 0 saturated heterocycles. The van der Waals surface area contributed by atoms with Crippen LogP contribution in [0.2, 0.25) is 0 Å². The third-order valence-electron chi connectivity index (χ3n) is 3.02. The lowest BCUT2D eigenvalue weighted by Gasteiger charge is -2.09. The molecule has 2 rings (SSSR count). The number of carbonyl (C=O) groups excluding carboxylic acids is 1. The molecule has 0 saturated carbocycles. The van der Waals surface area contributed by atoms with E-state index in [-0.39, 0.29) is 12.5 Å². The zero-order valence-electron chi connectivity index (χ0n) is 11.1. The van der Waals surface area contributed by atoms with E-state index in [1.165, 1.54) is 0 Å². The number of halogens is 1. The summed E-state index contributed by atoms with van der Waals surface area (Å²) in [6.07, 6.45) is 0. The van der Waals surface area contributed by atoms with Crippen LogP contribution in [-0.4, -0.2) is 11.0 Å². The standard InChI is InChI=1S/C16H13BrN2O2/c17-14-6-5-13(10-20)15(7-14)16(21)19-9-12-3-1-11(8-18)2-4-12/h1-7,20H,9-10H2,(H,19,21). The summed E-state index contributed by atoms with van der Waals surface area (Å²) in [7, 11) is 0. The van der Waals surface area contributed by atoms with E-state index in [4.69, 9.17) is 5.26 Å². The molecule has 0 bridgehead atoms. The topological polar surface area (TPSA) is 73.1 Å². The quantitative estimate of drug-likeness (QED) is 0.895. The molecule has 2 aromatic carbocycles. The molecule has 0 radical (unpaired) electrons. The zero-order valence-corrected chi connectivity index (χ0v) is 12.7. The molecule has 0 heterocycles. The van der Waals surface area contributed by atoms with Crippen molar-refractivity contribution in [2.45, 2.75) is 13.2 Å². The van der Waals surface area contributed by atoms with Crippen molar-refractivity contribution >= 4 is 21.8 Å². The Morgan fingerprint density at radius 1 is 1.24 bits per heavy atom. The highest BCUT2D eigenvalue weighted by Crippen LogP contribution is 2.17. The summed E-state index contributed by atoms with van der Waals surface area (Å²) in [5.41, 5.74) is 2.51. The summed E-state index contributed by atoms with van der Waals surface area (Å²) >= 11 is 3.31. The van der Waals surface area contributed by atoms with Crippen molar-refractivity contribution in [3.63, 3.8) is 0 Å². The SMILES string of the molecule is N#Cc1ccc(CNC(=O)c2cc(Br)ccc2CO)cc1. The van der Waals surface area contributed by atoms with E-state index in [0.29, 0.717) is 23.2 Å². The highest BCUT2D eigenvalue weighted by atomic mass is 79.9. The smallest absolute Gasteiger partial charge is 0.251 e. The van der Waals surface area contributed by atoms with Crippen LogP contribution in [0.25, 0.3) is 0 Å². The van der Waals surface area contributed by atoms with Gasteiger partial charge in [-0.15, -0.1) is 0 Å². The van der Waals surface area contributed by atoms with Gasteiger partial charge in [-0.1, -0.05) is 34.1 Å². The lowest BCUT2D eigenvalue weighted by Crippen LogP contribution is -2.24. The Bertz CT molecular complexity index is 690. The number of aliphatic hydroxyl groups is 1. The first-order chi connectivity index (χ1) is 10.1. The van der Waals surface area contributed by atoms with Crippen LogP contribution in [0.1, 0.15) is 27.0 Å². The summed E-state index contributed by atoms with van der Waals surface area (Å²) in [6, 6.07) is 14.2. The molecule has 5 heteroatoms. The Labute approximate surface area is 131 Å². The van der Waals surface area contributed by atoms with Crippen LogP contribution >= 0.6 is 15.9 Å². The van der Waals surface area contributed by atoms with Crippen LogP contribution in [0.4, 0.5) is 0 Å². The molecule has 1 amide bonds. The van der Waals surface area contributed by atoms with Crippen molar-refractivity contribution < 1.29 is 9.90 Å². The van der Waals surface area contributed by atoms with Crippen LogP contribution in [-0.2, 0) is 13.2 Å². The number of hydrogen-bond donors (Lipinski definition) is 2. The van der Waals surface area contributed by atoms with Gasteiger partial charge < -0.3 is 10.4 Å². The largest absolute Gasteiger partial charge is 0.392 e. The second-order valence-electron chi connectivity index (χ2n) is 4.45.